The maximum absolute atomic E-state index is 4.30. The quantitative estimate of drug-likeness (QED) is 0.872. The lowest BCUT2D eigenvalue weighted by Gasteiger charge is -2.19. The molecule has 1 unspecified atom stereocenters. The molecule has 1 aromatic heterocycles. The van der Waals surface area contributed by atoms with E-state index in [9.17, 15) is 0 Å². The largest absolute Gasteiger partial charge is 0.305 e. The first-order valence-corrected chi connectivity index (χ1v) is 7.61. The SMILES string of the molecule is CCCNC(c1ccccc1)c1snnc1C(C)C. The summed E-state index contributed by atoms with van der Waals surface area (Å²) in [5, 5.41) is 7.91. The summed E-state index contributed by atoms with van der Waals surface area (Å²) in [6.07, 6.45) is 1.12. The average molecular weight is 275 g/mol. The van der Waals surface area contributed by atoms with Gasteiger partial charge >= 0.3 is 0 Å². The second-order valence-corrected chi connectivity index (χ2v) is 5.76. The van der Waals surface area contributed by atoms with Crippen LogP contribution in [0, 0.1) is 0 Å². The van der Waals surface area contributed by atoms with Gasteiger partial charge in [-0.2, -0.15) is 0 Å². The second-order valence-electron chi connectivity index (χ2n) is 4.97. The third kappa shape index (κ3) is 3.39. The first-order chi connectivity index (χ1) is 9.24. The van der Waals surface area contributed by atoms with E-state index in [-0.39, 0.29) is 6.04 Å². The maximum atomic E-state index is 4.30. The lowest BCUT2D eigenvalue weighted by molar-refractivity contribution is 0.596. The van der Waals surface area contributed by atoms with E-state index < -0.39 is 0 Å². The Morgan fingerprint density at radius 1 is 1.21 bits per heavy atom. The molecule has 0 bridgehead atoms. The average Bonchev–Trinajstić information content (AvgIpc) is 2.90. The van der Waals surface area contributed by atoms with Gasteiger partial charge in [0.25, 0.3) is 0 Å². The Morgan fingerprint density at radius 3 is 2.58 bits per heavy atom. The lowest BCUT2D eigenvalue weighted by atomic mass is 10.00. The smallest absolute Gasteiger partial charge is 0.0832 e. The molecule has 0 spiro atoms. The molecule has 1 aromatic carbocycles. The highest BCUT2D eigenvalue weighted by Gasteiger charge is 2.21. The molecule has 1 atom stereocenters. The highest BCUT2D eigenvalue weighted by molar-refractivity contribution is 7.05. The first-order valence-electron chi connectivity index (χ1n) is 6.84. The van der Waals surface area contributed by atoms with Gasteiger partial charge in [-0.3, -0.25) is 0 Å². The van der Waals surface area contributed by atoms with Crippen LogP contribution in [0.3, 0.4) is 0 Å². The fourth-order valence-corrected chi connectivity index (χ4v) is 3.01. The number of nitrogens with one attached hydrogen (secondary N) is 1. The van der Waals surface area contributed by atoms with Gasteiger partial charge in [0.2, 0.25) is 0 Å². The van der Waals surface area contributed by atoms with Gasteiger partial charge in [0.1, 0.15) is 0 Å². The van der Waals surface area contributed by atoms with E-state index in [0.717, 1.165) is 18.7 Å². The molecule has 0 saturated heterocycles. The van der Waals surface area contributed by atoms with E-state index in [1.165, 1.54) is 22.0 Å². The number of rotatable bonds is 6. The van der Waals surface area contributed by atoms with Gasteiger partial charge in [-0.15, -0.1) is 5.10 Å². The fraction of sp³-hybridized carbons (Fsp3) is 0.467. The Kier molecular flexibility index (Phi) is 5.05. The van der Waals surface area contributed by atoms with E-state index >= 15 is 0 Å². The maximum Gasteiger partial charge on any atom is 0.0832 e. The molecule has 3 nitrogen and oxygen atoms in total. The van der Waals surface area contributed by atoms with Gasteiger partial charge in [0.05, 0.1) is 16.6 Å². The van der Waals surface area contributed by atoms with Crippen LogP contribution < -0.4 is 5.32 Å². The Bertz CT molecular complexity index is 493. The van der Waals surface area contributed by atoms with Gasteiger partial charge in [-0.25, -0.2) is 0 Å². The van der Waals surface area contributed by atoms with Crippen molar-refractivity contribution in [3.05, 3.63) is 46.5 Å². The Hall–Kier alpha value is -1.26. The molecule has 0 aliphatic heterocycles. The van der Waals surface area contributed by atoms with E-state index in [1.807, 2.05) is 0 Å². The number of hydrogen-bond acceptors (Lipinski definition) is 4. The van der Waals surface area contributed by atoms with Crippen molar-refractivity contribution in [2.45, 2.75) is 39.2 Å². The molecule has 0 fully saturated rings. The molecule has 2 rings (SSSR count). The molecular weight excluding hydrogens is 254 g/mol. The van der Waals surface area contributed by atoms with E-state index in [4.69, 9.17) is 0 Å². The second kappa shape index (κ2) is 6.78. The first kappa shape index (κ1) is 14.2. The molecule has 2 aromatic rings. The standard InChI is InChI=1S/C15H21N3S/c1-4-10-16-14(12-8-6-5-7-9-12)15-13(11(2)3)17-18-19-15/h5-9,11,14,16H,4,10H2,1-3H3. The van der Waals surface area contributed by atoms with Crippen molar-refractivity contribution in [3.8, 4) is 0 Å². The third-order valence-corrected chi connectivity index (χ3v) is 3.89. The fourth-order valence-electron chi connectivity index (χ4n) is 2.10. The molecule has 0 aliphatic rings. The van der Waals surface area contributed by atoms with Crippen LogP contribution in [-0.4, -0.2) is 16.1 Å². The van der Waals surface area contributed by atoms with Crippen LogP contribution in [0.5, 0.6) is 0 Å². The summed E-state index contributed by atoms with van der Waals surface area (Å²) in [6, 6.07) is 10.8. The van der Waals surface area contributed by atoms with Crippen LogP contribution in [0.25, 0.3) is 0 Å². The zero-order chi connectivity index (χ0) is 13.7. The van der Waals surface area contributed by atoms with Crippen LogP contribution in [-0.2, 0) is 0 Å². The monoisotopic (exact) mass is 275 g/mol. The molecule has 1 heterocycles. The molecule has 0 saturated carbocycles. The molecule has 102 valence electrons. The summed E-state index contributed by atoms with van der Waals surface area (Å²) in [7, 11) is 0. The summed E-state index contributed by atoms with van der Waals surface area (Å²) in [5.41, 5.74) is 2.39. The molecule has 1 N–H and O–H groups in total. The van der Waals surface area contributed by atoms with Crippen LogP contribution in [0.1, 0.15) is 55.3 Å². The zero-order valence-corrected chi connectivity index (χ0v) is 12.6. The number of nitrogens with zero attached hydrogens (tertiary/aromatic N) is 2. The topological polar surface area (TPSA) is 37.8 Å². The minimum Gasteiger partial charge on any atom is -0.305 e. The summed E-state index contributed by atoms with van der Waals surface area (Å²) in [4.78, 5) is 1.25. The van der Waals surface area contributed by atoms with E-state index in [0.29, 0.717) is 5.92 Å². The minimum absolute atomic E-state index is 0.207. The molecular formula is C15H21N3S. The summed E-state index contributed by atoms with van der Waals surface area (Å²) >= 11 is 1.51. The van der Waals surface area contributed by atoms with Crippen LogP contribution in [0.4, 0.5) is 0 Å². The number of benzene rings is 1. The summed E-state index contributed by atoms with van der Waals surface area (Å²) in [6.45, 7) is 7.52. The summed E-state index contributed by atoms with van der Waals surface area (Å²) in [5.74, 6) is 0.406. The van der Waals surface area contributed by atoms with Crippen molar-refractivity contribution >= 4 is 11.5 Å². The predicted octanol–water partition coefficient (Wildman–Crippen LogP) is 3.75. The van der Waals surface area contributed by atoms with Gasteiger partial charge in [-0.1, -0.05) is 55.6 Å². The highest BCUT2D eigenvalue weighted by atomic mass is 32.1. The van der Waals surface area contributed by atoms with Crippen molar-refractivity contribution < 1.29 is 0 Å². The number of hydrogen-bond donors (Lipinski definition) is 1. The van der Waals surface area contributed by atoms with E-state index in [1.54, 1.807) is 0 Å². The third-order valence-electron chi connectivity index (χ3n) is 3.08. The van der Waals surface area contributed by atoms with E-state index in [2.05, 4.69) is 66.0 Å². The lowest BCUT2D eigenvalue weighted by Crippen LogP contribution is -2.23. The summed E-state index contributed by atoms with van der Waals surface area (Å²) < 4.78 is 4.15. The van der Waals surface area contributed by atoms with Crippen molar-refractivity contribution in [2.75, 3.05) is 6.54 Å². The molecule has 19 heavy (non-hydrogen) atoms. The van der Waals surface area contributed by atoms with Crippen LogP contribution in [0.15, 0.2) is 30.3 Å². The molecule has 0 aliphatic carbocycles. The van der Waals surface area contributed by atoms with Gasteiger partial charge < -0.3 is 5.32 Å². The van der Waals surface area contributed by atoms with Crippen LogP contribution in [0.2, 0.25) is 0 Å². The molecule has 0 amide bonds. The number of aromatic nitrogens is 2. The molecule has 0 radical (unpaired) electrons. The van der Waals surface area contributed by atoms with Gasteiger partial charge in [-0.05, 0) is 36.0 Å². The Labute approximate surface area is 119 Å². The van der Waals surface area contributed by atoms with Crippen molar-refractivity contribution in [1.29, 1.82) is 0 Å². The normalized spacial score (nSPS) is 12.8. The van der Waals surface area contributed by atoms with Gasteiger partial charge in [0, 0.05) is 0 Å². The predicted molar refractivity (Wildman–Crippen MR) is 80.6 cm³/mol. The minimum atomic E-state index is 0.207. The Balaban J connectivity index is 2.34. The highest BCUT2D eigenvalue weighted by Crippen LogP contribution is 2.30. The Morgan fingerprint density at radius 2 is 1.95 bits per heavy atom. The van der Waals surface area contributed by atoms with Crippen molar-refractivity contribution in [3.63, 3.8) is 0 Å². The van der Waals surface area contributed by atoms with Crippen molar-refractivity contribution in [1.82, 2.24) is 14.9 Å². The van der Waals surface area contributed by atoms with Gasteiger partial charge in [0.15, 0.2) is 0 Å². The molecule has 4 heteroatoms. The zero-order valence-electron chi connectivity index (χ0n) is 11.8. The van der Waals surface area contributed by atoms with Crippen LogP contribution >= 0.6 is 11.5 Å². The van der Waals surface area contributed by atoms with Crippen molar-refractivity contribution in [2.24, 2.45) is 0 Å².